The van der Waals surface area contributed by atoms with Gasteiger partial charge in [-0.05, 0) is 54.5 Å². The zero-order valence-corrected chi connectivity index (χ0v) is 21.7. The number of hydrogen-bond acceptors (Lipinski definition) is 4. The van der Waals surface area contributed by atoms with Crippen molar-refractivity contribution in [3.05, 3.63) is 137 Å². The lowest BCUT2D eigenvalue weighted by molar-refractivity contribution is -0.121. The average molecular weight is 529 g/mol. The van der Waals surface area contributed by atoms with Crippen LogP contribution in [0.4, 0.5) is 15.8 Å². The number of carbonyl (C=O) groups excluding carboxylic acids is 3. The van der Waals surface area contributed by atoms with Crippen molar-refractivity contribution in [1.29, 1.82) is 0 Å². The van der Waals surface area contributed by atoms with Gasteiger partial charge in [-0.1, -0.05) is 72.8 Å². The third kappa shape index (κ3) is 3.22. The van der Waals surface area contributed by atoms with Crippen LogP contribution in [0.5, 0.6) is 0 Å². The molecule has 3 aliphatic rings. The highest BCUT2D eigenvalue weighted by Crippen LogP contribution is 2.58. The third-order valence-corrected chi connectivity index (χ3v) is 8.62. The SMILES string of the molecule is CC1=C[C@@H]2N(c3ccccc31)[C@H](C(=O)c1ccccc1)[C@H](C(=O)c1ccc(F)cc1)[C@@]21C(=O)Nc2ccccc21. The second-order valence-corrected chi connectivity index (χ2v) is 10.6. The van der Waals surface area contributed by atoms with Crippen LogP contribution in [0.1, 0.15) is 38.8 Å². The van der Waals surface area contributed by atoms with E-state index >= 15 is 0 Å². The van der Waals surface area contributed by atoms with Gasteiger partial charge in [-0.25, -0.2) is 4.39 Å². The van der Waals surface area contributed by atoms with Crippen LogP contribution in [0.3, 0.4) is 0 Å². The lowest BCUT2D eigenvalue weighted by atomic mass is 9.64. The lowest BCUT2D eigenvalue weighted by Crippen LogP contribution is -2.51. The Morgan fingerprint density at radius 1 is 0.800 bits per heavy atom. The van der Waals surface area contributed by atoms with Gasteiger partial charge in [-0.2, -0.15) is 0 Å². The minimum atomic E-state index is -1.40. The Labute approximate surface area is 231 Å². The molecule has 5 nitrogen and oxygen atoms in total. The van der Waals surface area contributed by atoms with E-state index in [-0.39, 0.29) is 23.0 Å². The number of ketones is 2. The number of para-hydroxylation sites is 2. The van der Waals surface area contributed by atoms with Crippen LogP contribution in [-0.4, -0.2) is 29.6 Å². The first-order chi connectivity index (χ1) is 19.4. The second-order valence-electron chi connectivity index (χ2n) is 10.6. The molecule has 1 fully saturated rings. The van der Waals surface area contributed by atoms with Gasteiger partial charge in [-0.15, -0.1) is 0 Å². The van der Waals surface area contributed by atoms with E-state index in [0.717, 1.165) is 16.8 Å². The minimum Gasteiger partial charge on any atom is -0.352 e. The number of nitrogens with zero attached hydrogens (tertiary/aromatic N) is 1. The zero-order chi connectivity index (χ0) is 27.6. The molecule has 4 atom stereocenters. The van der Waals surface area contributed by atoms with Crippen molar-refractivity contribution >= 4 is 34.4 Å². The Balaban J connectivity index is 1.56. The van der Waals surface area contributed by atoms with Gasteiger partial charge in [0.2, 0.25) is 5.91 Å². The number of Topliss-reactive ketones (excluding diaryl/α,β-unsaturated/α-hetero) is 2. The van der Waals surface area contributed by atoms with Crippen LogP contribution in [0, 0.1) is 11.7 Å². The summed E-state index contributed by atoms with van der Waals surface area (Å²) in [5.41, 5.74) is 3.33. The first-order valence-corrected chi connectivity index (χ1v) is 13.3. The molecule has 0 aromatic heterocycles. The van der Waals surface area contributed by atoms with E-state index in [4.69, 9.17) is 0 Å². The van der Waals surface area contributed by atoms with Gasteiger partial charge in [0.15, 0.2) is 11.6 Å². The topological polar surface area (TPSA) is 66.5 Å². The van der Waals surface area contributed by atoms with Crippen LogP contribution in [0.15, 0.2) is 109 Å². The summed E-state index contributed by atoms with van der Waals surface area (Å²) in [6, 6.07) is 27.8. The number of nitrogens with one attached hydrogen (secondary N) is 1. The quantitative estimate of drug-likeness (QED) is 0.327. The van der Waals surface area contributed by atoms with Crippen molar-refractivity contribution < 1.29 is 18.8 Å². The molecule has 3 aliphatic heterocycles. The fourth-order valence-electron chi connectivity index (χ4n) is 6.95. The van der Waals surface area contributed by atoms with Crippen LogP contribution in [0.25, 0.3) is 5.57 Å². The van der Waals surface area contributed by atoms with Gasteiger partial charge in [0.25, 0.3) is 0 Å². The summed E-state index contributed by atoms with van der Waals surface area (Å²) in [4.78, 5) is 45.5. The number of rotatable bonds is 4. The summed E-state index contributed by atoms with van der Waals surface area (Å²) in [6.07, 6.45) is 2.02. The number of allylic oxidation sites excluding steroid dienone is 1. The van der Waals surface area contributed by atoms with Gasteiger partial charge in [0, 0.05) is 28.1 Å². The van der Waals surface area contributed by atoms with Crippen molar-refractivity contribution in [2.45, 2.75) is 24.4 Å². The zero-order valence-electron chi connectivity index (χ0n) is 21.7. The predicted octanol–water partition coefficient (Wildman–Crippen LogP) is 6.07. The molecule has 0 aliphatic carbocycles. The summed E-state index contributed by atoms with van der Waals surface area (Å²) in [6.45, 7) is 1.99. The van der Waals surface area contributed by atoms with Crippen molar-refractivity contribution in [1.82, 2.24) is 0 Å². The summed E-state index contributed by atoms with van der Waals surface area (Å²) in [7, 11) is 0. The largest absolute Gasteiger partial charge is 0.352 e. The Morgan fingerprint density at radius 3 is 2.23 bits per heavy atom. The molecule has 0 unspecified atom stereocenters. The van der Waals surface area contributed by atoms with Crippen molar-refractivity contribution in [2.24, 2.45) is 5.92 Å². The molecule has 6 heteroatoms. The van der Waals surface area contributed by atoms with Crippen LogP contribution in [0.2, 0.25) is 0 Å². The average Bonchev–Trinajstić information content (AvgIpc) is 3.45. The van der Waals surface area contributed by atoms with E-state index in [2.05, 4.69) is 5.32 Å². The highest BCUT2D eigenvalue weighted by atomic mass is 19.1. The molecule has 40 heavy (non-hydrogen) atoms. The second kappa shape index (κ2) is 8.85. The normalized spacial score (nSPS) is 24.1. The van der Waals surface area contributed by atoms with Crippen molar-refractivity contribution in [3.8, 4) is 0 Å². The molecule has 196 valence electrons. The first-order valence-electron chi connectivity index (χ1n) is 13.3. The van der Waals surface area contributed by atoms with E-state index in [0.29, 0.717) is 16.8 Å². The molecule has 7 rings (SSSR count). The van der Waals surface area contributed by atoms with E-state index in [1.165, 1.54) is 24.3 Å². The summed E-state index contributed by atoms with van der Waals surface area (Å²) >= 11 is 0. The predicted molar refractivity (Wildman–Crippen MR) is 152 cm³/mol. The minimum absolute atomic E-state index is 0.247. The molecule has 0 radical (unpaired) electrons. The van der Waals surface area contributed by atoms with Crippen LogP contribution >= 0.6 is 0 Å². The molecule has 1 N–H and O–H groups in total. The van der Waals surface area contributed by atoms with E-state index in [9.17, 15) is 18.8 Å². The molecular weight excluding hydrogens is 503 g/mol. The summed E-state index contributed by atoms with van der Waals surface area (Å²) in [5.74, 6) is -2.50. The fraction of sp³-hybridized carbons (Fsp3) is 0.147. The lowest BCUT2D eigenvalue weighted by Gasteiger charge is -2.39. The van der Waals surface area contributed by atoms with Gasteiger partial charge < -0.3 is 10.2 Å². The summed E-state index contributed by atoms with van der Waals surface area (Å²) < 4.78 is 13.9. The van der Waals surface area contributed by atoms with E-state index < -0.39 is 29.2 Å². The maximum absolute atomic E-state index is 14.7. The molecule has 0 saturated carbocycles. The van der Waals surface area contributed by atoms with Gasteiger partial charge in [0.1, 0.15) is 17.3 Å². The van der Waals surface area contributed by atoms with E-state index in [1.807, 2.05) is 72.5 Å². The molecule has 0 bridgehead atoms. The number of carbonyl (C=O) groups is 3. The molecular formula is C34H25FN2O3. The third-order valence-electron chi connectivity index (χ3n) is 8.62. The van der Waals surface area contributed by atoms with Crippen LogP contribution in [-0.2, 0) is 10.2 Å². The Kier molecular flexibility index (Phi) is 5.36. The Bertz CT molecular complexity index is 1730. The maximum atomic E-state index is 14.7. The van der Waals surface area contributed by atoms with Gasteiger partial charge >= 0.3 is 0 Å². The first kappa shape index (κ1) is 24.2. The van der Waals surface area contributed by atoms with Crippen LogP contribution < -0.4 is 10.2 Å². The highest BCUT2D eigenvalue weighted by Gasteiger charge is 2.70. The molecule has 4 aromatic rings. The Morgan fingerprint density at radius 2 is 1.45 bits per heavy atom. The highest BCUT2D eigenvalue weighted by molar-refractivity contribution is 6.18. The summed E-state index contributed by atoms with van der Waals surface area (Å²) in [5, 5.41) is 3.03. The van der Waals surface area contributed by atoms with Gasteiger partial charge in [-0.3, -0.25) is 14.4 Å². The smallest absolute Gasteiger partial charge is 0.238 e. The number of anilines is 2. The number of hydrogen-bond donors (Lipinski definition) is 1. The van der Waals surface area contributed by atoms with Gasteiger partial charge in [0.05, 0.1) is 12.0 Å². The number of benzene rings is 4. The number of halogens is 1. The standard InChI is InChI=1S/C34H25FN2O3/c1-20-19-28-34(25-12-6-7-13-26(25)36-33(34)40)29(31(38)22-15-17-23(35)18-16-22)30(32(39)21-9-3-2-4-10-21)37(28)27-14-8-5-11-24(20)27/h2-19,28-30H,1H3,(H,36,40)/t28-,29+,30-,34-/m0/s1. The van der Waals surface area contributed by atoms with E-state index in [1.54, 1.807) is 24.3 Å². The van der Waals surface area contributed by atoms with Crippen molar-refractivity contribution in [3.63, 3.8) is 0 Å². The molecule has 1 spiro atoms. The maximum Gasteiger partial charge on any atom is 0.238 e. The molecule has 3 heterocycles. The monoisotopic (exact) mass is 528 g/mol. The Hall–Kier alpha value is -4.84. The van der Waals surface area contributed by atoms with Crippen molar-refractivity contribution in [2.75, 3.05) is 10.2 Å². The fourth-order valence-corrected chi connectivity index (χ4v) is 6.95. The number of fused-ring (bicyclic) bond motifs is 6. The number of amides is 1. The molecule has 1 amide bonds. The molecule has 1 saturated heterocycles. The molecule has 4 aromatic carbocycles.